The molecule has 0 fully saturated rings. The molecule has 0 bridgehead atoms. The SMILES string of the molecule is CC(=O)c1cccc(NC(=O)c2cc3c([nH]c2=O)CC[C@@H](C)C3)c1. The van der Waals surface area contributed by atoms with Gasteiger partial charge in [-0.2, -0.15) is 0 Å². The number of pyridine rings is 1. The second kappa shape index (κ2) is 6.43. The number of carbonyl (C=O) groups is 2. The van der Waals surface area contributed by atoms with Gasteiger partial charge < -0.3 is 10.3 Å². The lowest BCUT2D eigenvalue weighted by atomic mass is 9.87. The summed E-state index contributed by atoms with van der Waals surface area (Å²) < 4.78 is 0. The lowest BCUT2D eigenvalue weighted by Crippen LogP contribution is -2.27. The minimum absolute atomic E-state index is 0.0771. The third-order valence-electron chi connectivity index (χ3n) is 4.44. The molecule has 1 aromatic heterocycles. The van der Waals surface area contributed by atoms with Crippen LogP contribution in [0.5, 0.6) is 0 Å². The fraction of sp³-hybridized carbons (Fsp3) is 0.316. The van der Waals surface area contributed by atoms with Crippen molar-refractivity contribution >= 4 is 17.4 Å². The van der Waals surface area contributed by atoms with Crippen LogP contribution in [0.15, 0.2) is 35.1 Å². The molecule has 2 aromatic rings. The summed E-state index contributed by atoms with van der Waals surface area (Å²) >= 11 is 0. The number of aromatic amines is 1. The maximum atomic E-state index is 12.5. The van der Waals surface area contributed by atoms with E-state index in [1.807, 2.05) is 0 Å². The number of aryl methyl sites for hydroxylation is 1. The first kappa shape index (κ1) is 16.2. The smallest absolute Gasteiger partial charge is 0.261 e. The predicted molar refractivity (Wildman–Crippen MR) is 92.7 cm³/mol. The standard InChI is InChI=1S/C19H20N2O3/c1-11-6-7-17-14(8-11)10-16(19(24)21-17)18(23)20-15-5-3-4-13(9-15)12(2)22/h3-5,9-11H,6-8H2,1-2H3,(H,20,23)(H,21,24)/t11-/m1/s1. The number of rotatable bonds is 3. The predicted octanol–water partition coefficient (Wildman–Crippen LogP) is 2.95. The number of hydrogen-bond donors (Lipinski definition) is 2. The second-order valence-electron chi connectivity index (χ2n) is 6.46. The van der Waals surface area contributed by atoms with E-state index in [0.29, 0.717) is 17.2 Å². The minimum Gasteiger partial charge on any atom is -0.325 e. The first-order chi connectivity index (χ1) is 11.4. The van der Waals surface area contributed by atoms with Gasteiger partial charge in [0, 0.05) is 16.9 Å². The average Bonchev–Trinajstić information content (AvgIpc) is 2.54. The van der Waals surface area contributed by atoms with Gasteiger partial charge >= 0.3 is 0 Å². The van der Waals surface area contributed by atoms with E-state index in [0.717, 1.165) is 30.5 Å². The molecule has 5 nitrogen and oxygen atoms in total. The van der Waals surface area contributed by atoms with Crippen molar-refractivity contribution in [3.05, 3.63) is 63.1 Å². The Balaban J connectivity index is 1.88. The van der Waals surface area contributed by atoms with Gasteiger partial charge in [-0.25, -0.2) is 0 Å². The molecule has 1 aromatic carbocycles. The fourth-order valence-electron chi connectivity index (χ4n) is 3.07. The van der Waals surface area contributed by atoms with E-state index < -0.39 is 5.91 Å². The highest BCUT2D eigenvalue weighted by Gasteiger charge is 2.20. The Labute approximate surface area is 140 Å². The zero-order chi connectivity index (χ0) is 17.3. The number of amides is 1. The second-order valence-corrected chi connectivity index (χ2v) is 6.46. The van der Waals surface area contributed by atoms with Crippen molar-refractivity contribution in [2.24, 2.45) is 5.92 Å². The van der Waals surface area contributed by atoms with Crippen molar-refractivity contribution < 1.29 is 9.59 Å². The minimum atomic E-state index is -0.460. The highest BCUT2D eigenvalue weighted by Crippen LogP contribution is 2.23. The molecule has 1 heterocycles. The van der Waals surface area contributed by atoms with Crippen molar-refractivity contribution in [2.75, 3.05) is 5.32 Å². The monoisotopic (exact) mass is 324 g/mol. The van der Waals surface area contributed by atoms with Gasteiger partial charge in [0.2, 0.25) is 0 Å². The lowest BCUT2D eigenvalue weighted by Gasteiger charge is -2.21. The first-order valence-electron chi connectivity index (χ1n) is 8.11. The zero-order valence-electron chi connectivity index (χ0n) is 13.8. The third-order valence-corrected chi connectivity index (χ3v) is 4.44. The largest absolute Gasteiger partial charge is 0.325 e. The van der Waals surface area contributed by atoms with Gasteiger partial charge in [-0.3, -0.25) is 14.4 Å². The van der Waals surface area contributed by atoms with E-state index in [-0.39, 0.29) is 16.9 Å². The van der Waals surface area contributed by atoms with E-state index in [9.17, 15) is 14.4 Å². The number of benzene rings is 1. The van der Waals surface area contributed by atoms with E-state index in [1.165, 1.54) is 6.92 Å². The normalized spacial score (nSPS) is 16.3. The van der Waals surface area contributed by atoms with Crippen LogP contribution in [0.3, 0.4) is 0 Å². The summed E-state index contributed by atoms with van der Waals surface area (Å²) in [4.78, 5) is 39.0. The number of aromatic nitrogens is 1. The summed E-state index contributed by atoms with van der Waals surface area (Å²) in [6.07, 6.45) is 2.76. The maximum absolute atomic E-state index is 12.5. The van der Waals surface area contributed by atoms with Crippen LogP contribution in [0.4, 0.5) is 5.69 Å². The molecule has 1 aliphatic rings. The molecule has 0 saturated heterocycles. The summed E-state index contributed by atoms with van der Waals surface area (Å²) in [6, 6.07) is 8.39. The molecule has 0 saturated carbocycles. The quantitative estimate of drug-likeness (QED) is 0.852. The molecule has 3 rings (SSSR count). The fourth-order valence-corrected chi connectivity index (χ4v) is 3.07. The molecule has 0 radical (unpaired) electrons. The maximum Gasteiger partial charge on any atom is 0.261 e. The Morgan fingerprint density at radius 1 is 1.25 bits per heavy atom. The van der Waals surface area contributed by atoms with Crippen LogP contribution in [0.25, 0.3) is 0 Å². The van der Waals surface area contributed by atoms with Gasteiger partial charge in [-0.15, -0.1) is 0 Å². The van der Waals surface area contributed by atoms with Crippen molar-refractivity contribution in [1.29, 1.82) is 0 Å². The summed E-state index contributed by atoms with van der Waals surface area (Å²) in [5.41, 5.74) is 2.72. The highest BCUT2D eigenvalue weighted by molar-refractivity contribution is 6.05. The van der Waals surface area contributed by atoms with Crippen LogP contribution in [0, 0.1) is 5.92 Å². The number of ketones is 1. The molecular weight excluding hydrogens is 304 g/mol. The van der Waals surface area contributed by atoms with Crippen LogP contribution in [0.2, 0.25) is 0 Å². The molecule has 2 N–H and O–H groups in total. The lowest BCUT2D eigenvalue weighted by molar-refractivity contribution is 0.101. The summed E-state index contributed by atoms with van der Waals surface area (Å²) in [6.45, 7) is 3.64. The molecule has 0 unspecified atom stereocenters. The van der Waals surface area contributed by atoms with Gasteiger partial charge in [0.15, 0.2) is 5.78 Å². The third kappa shape index (κ3) is 3.30. The Kier molecular flexibility index (Phi) is 4.34. The van der Waals surface area contributed by atoms with Crippen molar-refractivity contribution in [2.45, 2.75) is 33.1 Å². The van der Waals surface area contributed by atoms with E-state index in [2.05, 4.69) is 17.2 Å². The Morgan fingerprint density at radius 2 is 2.04 bits per heavy atom. The Bertz CT molecular complexity index is 867. The Morgan fingerprint density at radius 3 is 2.79 bits per heavy atom. The molecule has 1 atom stereocenters. The molecule has 0 spiro atoms. The molecule has 5 heteroatoms. The van der Waals surface area contributed by atoms with Gasteiger partial charge in [0.25, 0.3) is 11.5 Å². The Hall–Kier alpha value is -2.69. The van der Waals surface area contributed by atoms with E-state index in [4.69, 9.17) is 0 Å². The van der Waals surface area contributed by atoms with Gasteiger partial charge in [0.05, 0.1) is 0 Å². The number of hydrogen-bond acceptors (Lipinski definition) is 3. The summed E-state index contributed by atoms with van der Waals surface area (Å²) in [5, 5.41) is 2.70. The van der Waals surface area contributed by atoms with Crippen molar-refractivity contribution in [3.63, 3.8) is 0 Å². The number of fused-ring (bicyclic) bond motifs is 1. The molecule has 1 amide bonds. The number of anilines is 1. The van der Waals surface area contributed by atoms with Crippen LogP contribution in [-0.4, -0.2) is 16.7 Å². The summed E-state index contributed by atoms with van der Waals surface area (Å²) in [5.74, 6) is 0.0104. The van der Waals surface area contributed by atoms with Gasteiger partial charge in [0.1, 0.15) is 5.56 Å². The van der Waals surface area contributed by atoms with E-state index in [1.54, 1.807) is 30.3 Å². The van der Waals surface area contributed by atoms with Gasteiger partial charge in [-0.05, 0) is 55.9 Å². The molecule has 1 aliphatic carbocycles. The number of nitrogens with one attached hydrogen (secondary N) is 2. The van der Waals surface area contributed by atoms with Crippen LogP contribution >= 0.6 is 0 Å². The van der Waals surface area contributed by atoms with Crippen molar-refractivity contribution in [3.8, 4) is 0 Å². The number of Topliss-reactive ketones (excluding diaryl/α,β-unsaturated/α-hetero) is 1. The summed E-state index contributed by atoms with van der Waals surface area (Å²) in [7, 11) is 0. The molecular formula is C19H20N2O3. The average molecular weight is 324 g/mol. The molecule has 24 heavy (non-hydrogen) atoms. The number of H-pyrrole nitrogens is 1. The molecule has 0 aliphatic heterocycles. The topological polar surface area (TPSA) is 79.0 Å². The van der Waals surface area contributed by atoms with E-state index >= 15 is 0 Å². The van der Waals surface area contributed by atoms with Crippen molar-refractivity contribution in [1.82, 2.24) is 4.98 Å². The zero-order valence-corrected chi connectivity index (χ0v) is 13.8. The molecule has 124 valence electrons. The van der Waals surface area contributed by atoms with Crippen LogP contribution in [-0.2, 0) is 12.8 Å². The van der Waals surface area contributed by atoms with Gasteiger partial charge in [-0.1, -0.05) is 19.1 Å². The first-order valence-corrected chi connectivity index (χ1v) is 8.11. The number of carbonyl (C=O) groups excluding carboxylic acids is 2. The van der Waals surface area contributed by atoms with Crippen LogP contribution in [0.1, 0.15) is 52.2 Å². The highest BCUT2D eigenvalue weighted by atomic mass is 16.2. The van der Waals surface area contributed by atoms with Crippen LogP contribution < -0.4 is 10.9 Å².